The van der Waals surface area contributed by atoms with E-state index in [2.05, 4.69) is 25.6 Å². The third-order valence-corrected chi connectivity index (χ3v) is 4.76. The van der Waals surface area contributed by atoms with Gasteiger partial charge in [-0.3, -0.25) is 0 Å². The molecule has 1 heterocycles. The van der Waals surface area contributed by atoms with Crippen LogP contribution in [0.25, 0.3) is 11.4 Å². The number of benzene rings is 2. The lowest BCUT2D eigenvalue weighted by Gasteiger charge is -2.11. The number of halogens is 1. The second kappa shape index (κ2) is 13.5. The molecule has 0 aliphatic carbocycles. The Bertz CT molecular complexity index is 973. The van der Waals surface area contributed by atoms with E-state index < -0.39 is 0 Å². The first-order valence-electron chi connectivity index (χ1n) is 10.7. The van der Waals surface area contributed by atoms with E-state index in [1.807, 2.05) is 36.4 Å². The average molecular weight is 473 g/mol. The fraction of sp³-hybridized carbons (Fsp3) is 0.348. The van der Waals surface area contributed by atoms with Gasteiger partial charge in [0.1, 0.15) is 5.75 Å². The summed E-state index contributed by atoms with van der Waals surface area (Å²) in [5, 5.41) is 7.10. The van der Waals surface area contributed by atoms with Crippen molar-refractivity contribution >= 4 is 23.5 Å². The summed E-state index contributed by atoms with van der Waals surface area (Å²) in [5.41, 5.74) is 7.30. The highest BCUT2D eigenvalue weighted by Gasteiger charge is 2.09. The van der Waals surface area contributed by atoms with Gasteiger partial charge in [-0.2, -0.15) is 15.0 Å². The second-order valence-corrected chi connectivity index (χ2v) is 7.39. The molecule has 0 spiro atoms. The molecule has 0 aliphatic rings. The van der Waals surface area contributed by atoms with Gasteiger partial charge in [-0.25, -0.2) is 0 Å². The number of hydrogen-bond acceptors (Lipinski definition) is 9. The Morgan fingerprint density at radius 3 is 2.15 bits per heavy atom. The van der Waals surface area contributed by atoms with Gasteiger partial charge in [0.2, 0.25) is 11.9 Å². The Hall–Kier alpha value is -2.98. The van der Waals surface area contributed by atoms with Crippen LogP contribution < -0.4 is 21.1 Å². The van der Waals surface area contributed by atoms with Crippen molar-refractivity contribution in [2.75, 3.05) is 57.3 Å². The molecule has 0 saturated carbocycles. The zero-order valence-corrected chi connectivity index (χ0v) is 19.3. The Kier molecular flexibility index (Phi) is 10.1. The van der Waals surface area contributed by atoms with Gasteiger partial charge in [-0.15, -0.1) is 0 Å². The van der Waals surface area contributed by atoms with Crippen molar-refractivity contribution in [3.8, 4) is 17.1 Å². The van der Waals surface area contributed by atoms with Crippen LogP contribution in [0.1, 0.15) is 5.56 Å². The summed E-state index contributed by atoms with van der Waals surface area (Å²) in [7, 11) is 1.64. The van der Waals surface area contributed by atoms with E-state index in [0.717, 1.165) is 16.9 Å². The van der Waals surface area contributed by atoms with Gasteiger partial charge < -0.3 is 30.6 Å². The van der Waals surface area contributed by atoms with Crippen LogP contribution in [0.5, 0.6) is 5.75 Å². The largest absolute Gasteiger partial charge is 0.497 e. The van der Waals surface area contributed by atoms with Crippen LogP contribution in [-0.4, -0.2) is 61.6 Å². The standard InChI is InChI=1S/C23H29ClN6O3/c1-31-20-8-2-17(3-9-20)16-27-23-29-21(18-4-6-19(24)7-5-18)28-22(30-23)26-11-13-33-15-14-32-12-10-25/h2-9H,10-16,25H2,1H3,(H2,26,27,28,29,30). The fourth-order valence-electron chi connectivity index (χ4n) is 2.83. The van der Waals surface area contributed by atoms with Crippen molar-refractivity contribution in [1.29, 1.82) is 0 Å². The highest BCUT2D eigenvalue weighted by molar-refractivity contribution is 6.30. The van der Waals surface area contributed by atoms with E-state index in [1.165, 1.54) is 0 Å². The molecule has 0 saturated heterocycles. The first-order chi connectivity index (χ1) is 16.2. The van der Waals surface area contributed by atoms with Crippen molar-refractivity contribution in [3.63, 3.8) is 0 Å². The molecule has 0 fully saturated rings. The maximum Gasteiger partial charge on any atom is 0.228 e. The molecule has 4 N–H and O–H groups in total. The first kappa shape index (κ1) is 24.7. The zero-order valence-electron chi connectivity index (χ0n) is 18.6. The summed E-state index contributed by atoms with van der Waals surface area (Å²) in [6, 6.07) is 15.2. The van der Waals surface area contributed by atoms with E-state index in [-0.39, 0.29) is 0 Å². The summed E-state index contributed by atoms with van der Waals surface area (Å²) >= 11 is 6.02. The molecule has 3 rings (SSSR count). The van der Waals surface area contributed by atoms with Crippen LogP contribution in [0.15, 0.2) is 48.5 Å². The van der Waals surface area contributed by atoms with E-state index in [0.29, 0.717) is 68.8 Å². The molecular formula is C23H29ClN6O3. The predicted molar refractivity (Wildman–Crippen MR) is 130 cm³/mol. The van der Waals surface area contributed by atoms with E-state index in [9.17, 15) is 0 Å². The number of rotatable bonds is 14. The summed E-state index contributed by atoms with van der Waals surface area (Å²) in [4.78, 5) is 13.6. The molecule has 0 amide bonds. The van der Waals surface area contributed by atoms with Crippen LogP contribution in [0.4, 0.5) is 11.9 Å². The van der Waals surface area contributed by atoms with Gasteiger partial charge in [-0.05, 0) is 42.0 Å². The minimum atomic E-state index is 0.454. The lowest BCUT2D eigenvalue weighted by atomic mass is 10.2. The maximum atomic E-state index is 6.02. The molecular weight excluding hydrogens is 444 g/mol. The topological polar surface area (TPSA) is 116 Å². The van der Waals surface area contributed by atoms with Crippen molar-refractivity contribution in [1.82, 2.24) is 15.0 Å². The predicted octanol–water partition coefficient (Wildman–Crippen LogP) is 3.22. The summed E-state index contributed by atoms with van der Waals surface area (Å²) in [6.07, 6.45) is 0. The molecule has 176 valence electrons. The zero-order chi connectivity index (χ0) is 23.3. The Morgan fingerprint density at radius 1 is 0.818 bits per heavy atom. The van der Waals surface area contributed by atoms with Crippen molar-refractivity contribution < 1.29 is 14.2 Å². The lowest BCUT2D eigenvalue weighted by Crippen LogP contribution is -2.16. The number of aromatic nitrogens is 3. The number of methoxy groups -OCH3 is 1. The summed E-state index contributed by atoms with van der Waals surface area (Å²) < 4.78 is 16.0. The molecule has 0 aliphatic heterocycles. The third-order valence-electron chi connectivity index (χ3n) is 4.51. The van der Waals surface area contributed by atoms with Crippen molar-refractivity contribution in [2.45, 2.75) is 6.54 Å². The molecule has 0 atom stereocenters. The molecule has 10 heteroatoms. The fourth-order valence-corrected chi connectivity index (χ4v) is 2.95. The van der Waals surface area contributed by atoms with Gasteiger partial charge in [0.05, 0.1) is 33.5 Å². The summed E-state index contributed by atoms with van der Waals surface area (Å²) in [5.74, 6) is 2.26. The van der Waals surface area contributed by atoms with E-state index in [1.54, 1.807) is 19.2 Å². The monoisotopic (exact) mass is 472 g/mol. The molecule has 9 nitrogen and oxygen atoms in total. The highest BCUT2D eigenvalue weighted by Crippen LogP contribution is 2.21. The summed E-state index contributed by atoms with van der Waals surface area (Å²) in [6.45, 7) is 3.64. The third kappa shape index (κ3) is 8.47. The molecule has 0 unspecified atom stereocenters. The number of nitrogens with zero attached hydrogens (tertiary/aromatic N) is 3. The Balaban J connectivity index is 1.63. The number of anilines is 2. The van der Waals surface area contributed by atoms with Crippen LogP contribution in [0.3, 0.4) is 0 Å². The van der Waals surface area contributed by atoms with E-state index >= 15 is 0 Å². The van der Waals surface area contributed by atoms with Crippen LogP contribution in [0.2, 0.25) is 5.02 Å². The molecule has 2 aromatic carbocycles. The number of nitrogens with one attached hydrogen (secondary N) is 2. The molecule has 1 aromatic heterocycles. The van der Waals surface area contributed by atoms with Crippen molar-refractivity contribution in [2.24, 2.45) is 5.73 Å². The normalized spacial score (nSPS) is 10.8. The van der Waals surface area contributed by atoms with Crippen LogP contribution in [0, 0.1) is 0 Å². The smallest absolute Gasteiger partial charge is 0.228 e. The number of nitrogens with two attached hydrogens (primary N) is 1. The van der Waals surface area contributed by atoms with Gasteiger partial charge in [-0.1, -0.05) is 23.7 Å². The minimum Gasteiger partial charge on any atom is -0.497 e. The first-order valence-corrected chi connectivity index (χ1v) is 11.0. The quantitative estimate of drug-likeness (QED) is 0.304. The van der Waals surface area contributed by atoms with Gasteiger partial charge in [0.25, 0.3) is 0 Å². The maximum absolute atomic E-state index is 6.02. The van der Waals surface area contributed by atoms with Gasteiger partial charge >= 0.3 is 0 Å². The second-order valence-electron chi connectivity index (χ2n) is 6.95. The average Bonchev–Trinajstić information content (AvgIpc) is 2.85. The van der Waals surface area contributed by atoms with Crippen LogP contribution in [-0.2, 0) is 16.0 Å². The van der Waals surface area contributed by atoms with Crippen LogP contribution >= 0.6 is 11.6 Å². The lowest BCUT2D eigenvalue weighted by molar-refractivity contribution is 0.0547. The Labute approximate surface area is 198 Å². The SMILES string of the molecule is COc1ccc(CNc2nc(NCCOCCOCCN)nc(-c3ccc(Cl)cc3)n2)cc1. The molecule has 0 bridgehead atoms. The Morgan fingerprint density at radius 2 is 1.48 bits per heavy atom. The molecule has 0 radical (unpaired) electrons. The van der Waals surface area contributed by atoms with Crippen molar-refractivity contribution in [3.05, 3.63) is 59.1 Å². The van der Waals surface area contributed by atoms with Gasteiger partial charge in [0, 0.05) is 30.2 Å². The van der Waals surface area contributed by atoms with E-state index in [4.69, 9.17) is 31.5 Å². The number of ether oxygens (including phenoxy) is 3. The number of hydrogen-bond donors (Lipinski definition) is 3. The minimum absolute atomic E-state index is 0.454. The highest BCUT2D eigenvalue weighted by atomic mass is 35.5. The molecule has 3 aromatic rings. The molecule has 33 heavy (non-hydrogen) atoms. The van der Waals surface area contributed by atoms with Gasteiger partial charge in [0.15, 0.2) is 5.82 Å².